The number of hydrogen-bond donors (Lipinski definition) is 0. The third kappa shape index (κ3) is 2.74. The summed E-state index contributed by atoms with van der Waals surface area (Å²) in [5.74, 6) is 0.822. The molecule has 0 amide bonds. The van der Waals surface area contributed by atoms with Crippen LogP contribution in [0, 0.1) is 6.57 Å². The Labute approximate surface area is 86.5 Å². The van der Waals surface area contributed by atoms with Crippen LogP contribution in [0.2, 0.25) is 0 Å². The van der Waals surface area contributed by atoms with E-state index < -0.39 is 0 Å². The van der Waals surface area contributed by atoms with Gasteiger partial charge in [0.15, 0.2) is 0 Å². The minimum atomic E-state index is 0.533. The van der Waals surface area contributed by atoms with Crippen LogP contribution in [-0.2, 0) is 6.42 Å². The molecule has 0 atom stereocenters. The summed E-state index contributed by atoms with van der Waals surface area (Å²) in [5, 5.41) is 0. The molecule has 0 aliphatic heterocycles. The van der Waals surface area contributed by atoms with E-state index in [1.807, 2.05) is 18.2 Å². The maximum Gasteiger partial charge on any atom is 0.218 e. The van der Waals surface area contributed by atoms with E-state index in [4.69, 9.17) is 11.3 Å². The van der Waals surface area contributed by atoms with Gasteiger partial charge in [-0.05, 0) is 33.6 Å². The topological polar surface area (TPSA) is 13.6 Å². The first-order valence-corrected chi connectivity index (χ1v) is 4.73. The van der Waals surface area contributed by atoms with Crippen molar-refractivity contribution in [2.45, 2.75) is 6.42 Å². The normalized spacial score (nSPS) is 9.31. The summed E-state index contributed by atoms with van der Waals surface area (Å²) in [6.45, 7) is 7.21. The number of benzene rings is 1. The van der Waals surface area contributed by atoms with Crippen molar-refractivity contribution >= 4 is 15.9 Å². The van der Waals surface area contributed by atoms with Gasteiger partial charge in [-0.3, -0.25) is 0 Å². The van der Waals surface area contributed by atoms with Crippen LogP contribution in [0.25, 0.3) is 4.85 Å². The summed E-state index contributed by atoms with van der Waals surface area (Å²) in [4.78, 5) is 3.31. The maximum absolute atomic E-state index is 6.68. The molecule has 1 aromatic carbocycles. The molecule has 0 fully saturated rings. The van der Waals surface area contributed by atoms with Gasteiger partial charge < -0.3 is 9.58 Å². The van der Waals surface area contributed by atoms with Crippen LogP contribution in [-0.4, -0.2) is 13.7 Å². The van der Waals surface area contributed by atoms with Gasteiger partial charge in [0.25, 0.3) is 0 Å². The van der Waals surface area contributed by atoms with Crippen LogP contribution in [0.3, 0.4) is 0 Å². The first-order valence-electron chi connectivity index (χ1n) is 3.93. The molecule has 0 bridgehead atoms. The van der Waals surface area contributed by atoms with Crippen LogP contribution in [0.4, 0.5) is 0 Å². The zero-order valence-corrected chi connectivity index (χ0v) is 8.97. The van der Waals surface area contributed by atoms with Gasteiger partial charge in [0.1, 0.15) is 5.75 Å². The molecule has 0 saturated heterocycles. The van der Waals surface area contributed by atoms with Gasteiger partial charge >= 0.3 is 0 Å². The predicted octanol–water partition coefficient (Wildman–Crippen LogP) is 2.92. The average molecular weight is 240 g/mol. The fourth-order valence-corrected chi connectivity index (χ4v) is 1.45. The van der Waals surface area contributed by atoms with E-state index in [1.165, 1.54) is 0 Å². The quantitative estimate of drug-likeness (QED) is 0.740. The predicted molar refractivity (Wildman–Crippen MR) is 55.9 cm³/mol. The highest BCUT2D eigenvalue weighted by Gasteiger charge is 2.01. The smallest absolute Gasteiger partial charge is 0.218 e. The van der Waals surface area contributed by atoms with Crippen molar-refractivity contribution in [1.29, 1.82) is 0 Å². The van der Waals surface area contributed by atoms with Crippen molar-refractivity contribution in [1.82, 2.24) is 0 Å². The number of rotatable bonds is 3. The molecule has 0 heterocycles. The van der Waals surface area contributed by atoms with Gasteiger partial charge in [-0.15, -0.1) is 0 Å². The van der Waals surface area contributed by atoms with Crippen molar-refractivity contribution in [2.24, 2.45) is 0 Å². The van der Waals surface area contributed by atoms with E-state index in [9.17, 15) is 0 Å². The summed E-state index contributed by atoms with van der Waals surface area (Å²) in [6, 6.07) is 5.89. The third-order valence-corrected chi connectivity index (χ3v) is 2.38. The summed E-state index contributed by atoms with van der Waals surface area (Å²) >= 11 is 3.37. The summed E-state index contributed by atoms with van der Waals surface area (Å²) in [6.07, 6.45) is 0.785. The van der Waals surface area contributed by atoms with Crippen molar-refractivity contribution in [3.8, 4) is 5.75 Å². The van der Waals surface area contributed by atoms with E-state index in [1.54, 1.807) is 7.11 Å². The number of nitrogens with zero attached hydrogens (tertiary/aromatic N) is 1. The minimum absolute atomic E-state index is 0.533. The van der Waals surface area contributed by atoms with Gasteiger partial charge in [0, 0.05) is 6.42 Å². The lowest BCUT2D eigenvalue weighted by molar-refractivity contribution is 0.411. The lowest BCUT2D eigenvalue weighted by Gasteiger charge is -2.04. The van der Waals surface area contributed by atoms with Gasteiger partial charge in [0.2, 0.25) is 6.54 Å². The van der Waals surface area contributed by atoms with Gasteiger partial charge in [-0.25, -0.2) is 6.57 Å². The molecule has 68 valence electrons. The monoisotopic (exact) mass is 239 g/mol. The SMILES string of the molecule is [C-]#[N+]CCc1ccc(Br)c(OC)c1. The molecule has 0 aromatic heterocycles. The Balaban J connectivity index is 2.81. The fraction of sp³-hybridized carbons (Fsp3) is 0.300. The molecule has 1 aromatic rings. The largest absolute Gasteiger partial charge is 0.496 e. The minimum Gasteiger partial charge on any atom is -0.496 e. The standard InChI is InChI=1S/C10H10BrNO/c1-12-6-5-8-3-4-9(11)10(7-8)13-2/h3-4,7H,5-6H2,2H3. The maximum atomic E-state index is 6.68. The summed E-state index contributed by atoms with van der Waals surface area (Å²) in [7, 11) is 1.64. The molecule has 1 rings (SSSR count). The van der Waals surface area contributed by atoms with Crippen LogP contribution >= 0.6 is 15.9 Å². The molecule has 0 aliphatic rings. The highest BCUT2D eigenvalue weighted by molar-refractivity contribution is 9.10. The summed E-state index contributed by atoms with van der Waals surface area (Å²) < 4.78 is 6.09. The zero-order valence-electron chi connectivity index (χ0n) is 7.38. The molecule has 0 radical (unpaired) electrons. The Morgan fingerprint density at radius 2 is 2.31 bits per heavy atom. The average Bonchev–Trinajstić information content (AvgIpc) is 2.16. The van der Waals surface area contributed by atoms with E-state index in [-0.39, 0.29) is 0 Å². The Morgan fingerprint density at radius 1 is 1.54 bits per heavy atom. The number of ether oxygens (including phenoxy) is 1. The number of hydrogen-bond acceptors (Lipinski definition) is 1. The molecular weight excluding hydrogens is 230 g/mol. The second-order valence-electron chi connectivity index (χ2n) is 2.60. The van der Waals surface area contributed by atoms with Crippen LogP contribution in [0.15, 0.2) is 22.7 Å². The molecule has 0 aliphatic carbocycles. The highest BCUT2D eigenvalue weighted by Crippen LogP contribution is 2.25. The van der Waals surface area contributed by atoms with Gasteiger partial charge in [0.05, 0.1) is 11.6 Å². The Kier molecular flexibility index (Phi) is 3.78. The van der Waals surface area contributed by atoms with Gasteiger partial charge in [-0.2, -0.15) is 0 Å². The highest BCUT2D eigenvalue weighted by atomic mass is 79.9. The number of halogens is 1. The molecule has 0 N–H and O–H groups in total. The van der Waals surface area contributed by atoms with Crippen LogP contribution < -0.4 is 4.74 Å². The van der Waals surface area contributed by atoms with Crippen molar-refractivity contribution < 1.29 is 4.74 Å². The molecule has 0 saturated carbocycles. The molecule has 0 spiro atoms. The Bertz CT molecular complexity index is 330. The number of methoxy groups -OCH3 is 1. The lowest BCUT2D eigenvalue weighted by Crippen LogP contribution is -1.90. The van der Waals surface area contributed by atoms with E-state index in [0.29, 0.717) is 6.54 Å². The fourth-order valence-electron chi connectivity index (χ4n) is 1.04. The molecular formula is C10H10BrNO. The van der Waals surface area contributed by atoms with Crippen molar-refractivity contribution in [3.63, 3.8) is 0 Å². The molecule has 3 heteroatoms. The second-order valence-corrected chi connectivity index (χ2v) is 3.45. The van der Waals surface area contributed by atoms with Crippen LogP contribution in [0.5, 0.6) is 5.75 Å². The van der Waals surface area contributed by atoms with E-state index >= 15 is 0 Å². The zero-order chi connectivity index (χ0) is 9.68. The first kappa shape index (κ1) is 10.1. The first-order chi connectivity index (χ1) is 6.27. The molecule has 0 unspecified atom stereocenters. The second kappa shape index (κ2) is 4.88. The van der Waals surface area contributed by atoms with E-state index in [2.05, 4.69) is 20.8 Å². The Morgan fingerprint density at radius 3 is 2.92 bits per heavy atom. The van der Waals surface area contributed by atoms with Gasteiger partial charge in [-0.1, -0.05) is 6.07 Å². The molecule has 2 nitrogen and oxygen atoms in total. The third-order valence-electron chi connectivity index (χ3n) is 1.73. The van der Waals surface area contributed by atoms with Crippen LogP contribution in [0.1, 0.15) is 5.56 Å². The lowest BCUT2D eigenvalue weighted by atomic mass is 10.1. The Hall–Kier alpha value is -1.01. The summed E-state index contributed by atoms with van der Waals surface area (Å²) in [5.41, 5.74) is 1.14. The van der Waals surface area contributed by atoms with Crippen molar-refractivity contribution in [2.75, 3.05) is 13.7 Å². The van der Waals surface area contributed by atoms with Crippen molar-refractivity contribution in [3.05, 3.63) is 39.7 Å². The molecule has 13 heavy (non-hydrogen) atoms. The van der Waals surface area contributed by atoms with E-state index in [0.717, 1.165) is 22.2 Å².